The molecule has 3 unspecified atom stereocenters. The Balaban J connectivity index is 1.93. The summed E-state index contributed by atoms with van der Waals surface area (Å²) in [4.78, 5) is 6.20. The zero-order valence-electron chi connectivity index (χ0n) is 12.3. The first-order valence-corrected chi connectivity index (χ1v) is 8.31. The molecule has 0 saturated heterocycles. The molecule has 1 aromatic rings. The first kappa shape index (κ1) is 14.9. The van der Waals surface area contributed by atoms with Crippen molar-refractivity contribution in [1.82, 2.24) is 10.3 Å². The molecule has 0 aliphatic heterocycles. The first-order chi connectivity index (χ1) is 9.10. The summed E-state index contributed by atoms with van der Waals surface area (Å²) in [6, 6.07) is 0.484. The van der Waals surface area contributed by atoms with Crippen LogP contribution in [-0.4, -0.2) is 22.7 Å². The van der Waals surface area contributed by atoms with Gasteiger partial charge in [0.1, 0.15) is 0 Å². The molecule has 2 rings (SSSR count). The van der Waals surface area contributed by atoms with Crippen molar-refractivity contribution in [1.29, 1.82) is 0 Å². The number of nitrogens with one attached hydrogen (secondary N) is 1. The van der Waals surface area contributed by atoms with E-state index in [1.54, 1.807) is 0 Å². The van der Waals surface area contributed by atoms with Crippen LogP contribution in [0.25, 0.3) is 0 Å². The zero-order chi connectivity index (χ0) is 13.8. The Hall–Kier alpha value is -0.450. The smallest absolute Gasteiger partial charge is 0.0928 e. The second-order valence-corrected chi connectivity index (χ2v) is 6.93. The molecule has 3 nitrogen and oxygen atoms in total. The van der Waals surface area contributed by atoms with E-state index in [9.17, 15) is 5.11 Å². The molecule has 0 aromatic carbocycles. The van der Waals surface area contributed by atoms with E-state index in [-0.39, 0.29) is 6.10 Å². The molecule has 0 amide bonds. The minimum absolute atomic E-state index is 0.200. The number of aromatic nitrogens is 1. The molecule has 108 valence electrons. The van der Waals surface area contributed by atoms with Crippen LogP contribution in [0.15, 0.2) is 0 Å². The first-order valence-electron chi connectivity index (χ1n) is 7.50. The van der Waals surface area contributed by atoms with Gasteiger partial charge in [-0.05, 0) is 51.5 Å². The fraction of sp³-hybridized carbons (Fsp3) is 0.800. The normalized spacial score (nSPS) is 22.0. The number of hydrogen-bond donors (Lipinski definition) is 2. The van der Waals surface area contributed by atoms with E-state index in [2.05, 4.69) is 19.2 Å². The summed E-state index contributed by atoms with van der Waals surface area (Å²) in [7, 11) is 0. The average molecular weight is 282 g/mol. The van der Waals surface area contributed by atoms with E-state index < -0.39 is 0 Å². The Bertz CT molecular complexity index is 403. The Kier molecular flexibility index (Phi) is 5.37. The Morgan fingerprint density at radius 1 is 1.47 bits per heavy atom. The molecule has 0 saturated carbocycles. The summed E-state index contributed by atoms with van der Waals surface area (Å²) >= 11 is 1.89. The van der Waals surface area contributed by atoms with Crippen molar-refractivity contribution in [3.63, 3.8) is 0 Å². The van der Waals surface area contributed by atoms with Gasteiger partial charge in [0.15, 0.2) is 0 Å². The number of aryl methyl sites for hydroxylation is 2. The number of nitrogens with zero attached hydrogens (tertiary/aromatic N) is 1. The molecule has 1 aliphatic rings. The zero-order valence-corrected chi connectivity index (χ0v) is 13.1. The van der Waals surface area contributed by atoms with E-state index >= 15 is 0 Å². The highest BCUT2D eigenvalue weighted by molar-refractivity contribution is 7.11. The van der Waals surface area contributed by atoms with Crippen molar-refractivity contribution in [2.75, 3.05) is 6.54 Å². The summed E-state index contributed by atoms with van der Waals surface area (Å²) in [5.41, 5.74) is 1.33. The van der Waals surface area contributed by atoms with Crippen LogP contribution in [0.4, 0.5) is 0 Å². The average Bonchev–Trinajstić information content (AvgIpc) is 2.78. The van der Waals surface area contributed by atoms with Gasteiger partial charge in [0, 0.05) is 10.9 Å². The van der Waals surface area contributed by atoms with E-state index in [0.717, 1.165) is 25.8 Å². The van der Waals surface area contributed by atoms with E-state index in [0.29, 0.717) is 12.0 Å². The second-order valence-electron chi connectivity index (χ2n) is 5.82. The summed E-state index contributed by atoms with van der Waals surface area (Å²) in [5, 5.41) is 14.4. The minimum Gasteiger partial charge on any atom is -0.393 e. The van der Waals surface area contributed by atoms with Gasteiger partial charge in [-0.15, -0.1) is 11.3 Å². The molecule has 1 aromatic heterocycles. The van der Waals surface area contributed by atoms with Crippen molar-refractivity contribution in [3.8, 4) is 0 Å². The third kappa shape index (κ3) is 4.01. The van der Waals surface area contributed by atoms with Gasteiger partial charge in [-0.1, -0.05) is 13.8 Å². The highest BCUT2D eigenvalue weighted by atomic mass is 32.1. The topological polar surface area (TPSA) is 45.2 Å². The maximum Gasteiger partial charge on any atom is 0.0928 e. The number of aliphatic hydroxyl groups excluding tert-OH is 1. The molecule has 2 N–H and O–H groups in total. The predicted molar refractivity (Wildman–Crippen MR) is 80.6 cm³/mol. The molecule has 19 heavy (non-hydrogen) atoms. The lowest BCUT2D eigenvalue weighted by Crippen LogP contribution is -2.29. The molecule has 3 atom stereocenters. The van der Waals surface area contributed by atoms with Gasteiger partial charge in [-0.3, -0.25) is 0 Å². The van der Waals surface area contributed by atoms with Crippen LogP contribution >= 0.6 is 11.3 Å². The molecule has 4 heteroatoms. The van der Waals surface area contributed by atoms with Gasteiger partial charge in [-0.2, -0.15) is 0 Å². The van der Waals surface area contributed by atoms with Gasteiger partial charge in [0.05, 0.1) is 16.8 Å². The quantitative estimate of drug-likeness (QED) is 0.843. The van der Waals surface area contributed by atoms with Crippen LogP contribution in [0.3, 0.4) is 0 Å². The fourth-order valence-corrected chi connectivity index (χ4v) is 3.99. The lowest BCUT2D eigenvalue weighted by molar-refractivity contribution is 0.162. The summed E-state index contributed by atoms with van der Waals surface area (Å²) < 4.78 is 0. The maximum absolute atomic E-state index is 9.42. The monoisotopic (exact) mass is 282 g/mol. The number of hydrogen-bond acceptors (Lipinski definition) is 4. The highest BCUT2D eigenvalue weighted by Crippen LogP contribution is 2.34. The molecular formula is C15H26N2OS. The van der Waals surface area contributed by atoms with Crippen LogP contribution in [0.2, 0.25) is 0 Å². The van der Waals surface area contributed by atoms with Gasteiger partial charge >= 0.3 is 0 Å². The Morgan fingerprint density at radius 3 is 2.95 bits per heavy atom. The largest absolute Gasteiger partial charge is 0.393 e. The molecule has 0 fully saturated rings. The minimum atomic E-state index is -0.200. The van der Waals surface area contributed by atoms with Crippen LogP contribution < -0.4 is 5.32 Å². The van der Waals surface area contributed by atoms with Gasteiger partial charge in [0.2, 0.25) is 0 Å². The lowest BCUT2D eigenvalue weighted by atomic mass is 9.97. The van der Waals surface area contributed by atoms with Crippen molar-refractivity contribution in [2.45, 2.75) is 65.0 Å². The lowest BCUT2D eigenvalue weighted by Gasteiger charge is -2.24. The SMILES string of the molecule is CCc1nc2c(s1)C(NCC(C)CC(C)O)CCC2. The maximum atomic E-state index is 9.42. The summed E-state index contributed by atoms with van der Waals surface area (Å²) in [5.74, 6) is 0.518. The predicted octanol–water partition coefficient (Wildman–Crippen LogP) is 3.08. The van der Waals surface area contributed by atoms with E-state index in [4.69, 9.17) is 4.98 Å². The summed E-state index contributed by atoms with van der Waals surface area (Å²) in [6.45, 7) is 7.23. The van der Waals surface area contributed by atoms with Crippen molar-refractivity contribution >= 4 is 11.3 Å². The summed E-state index contributed by atoms with van der Waals surface area (Å²) in [6.07, 6.45) is 5.32. The van der Waals surface area contributed by atoms with Gasteiger partial charge in [0.25, 0.3) is 0 Å². The molecular weight excluding hydrogens is 256 g/mol. The third-order valence-electron chi connectivity index (χ3n) is 3.75. The fourth-order valence-electron chi connectivity index (χ4n) is 2.83. The Morgan fingerprint density at radius 2 is 2.26 bits per heavy atom. The molecule has 0 spiro atoms. The third-order valence-corrected chi connectivity index (χ3v) is 5.11. The van der Waals surface area contributed by atoms with Crippen molar-refractivity contribution in [3.05, 3.63) is 15.6 Å². The Labute approximate surface area is 120 Å². The highest BCUT2D eigenvalue weighted by Gasteiger charge is 2.24. The van der Waals surface area contributed by atoms with Crippen LogP contribution in [0.1, 0.15) is 61.7 Å². The number of rotatable bonds is 6. The molecule has 1 heterocycles. The number of aliphatic hydroxyl groups is 1. The van der Waals surface area contributed by atoms with Crippen molar-refractivity contribution in [2.24, 2.45) is 5.92 Å². The van der Waals surface area contributed by atoms with Crippen molar-refractivity contribution < 1.29 is 5.11 Å². The number of fused-ring (bicyclic) bond motifs is 1. The molecule has 0 bridgehead atoms. The van der Waals surface area contributed by atoms with Crippen LogP contribution in [0.5, 0.6) is 0 Å². The van der Waals surface area contributed by atoms with Gasteiger partial charge in [-0.25, -0.2) is 4.98 Å². The van der Waals surface area contributed by atoms with Crippen LogP contribution in [-0.2, 0) is 12.8 Å². The van der Waals surface area contributed by atoms with E-state index in [1.807, 2.05) is 18.3 Å². The van der Waals surface area contributed by atoms with Crippen LogP contribution in [0, 0.1) is 5.92 Å². The second kappa shape index (κ2) is 6.82. The molecule has 1 aliphatic carbocycles. The molecule has 0 radical (unpaired) electrons. The van der Waals surface area contributed by atoms with Gasteiger partial charge < -0.3 is 10.4 Å². The standard InChI is InChI=1S/C15H26N2OS/c1-4-14-17-13-7-5-6-12(15(13)19-14)16-9-10(2)8-11(3)18/h10-12,16,18H,4-9H2,1-3H3. The number of thiazole rings is 1. The van der Waals surface area contributed by atoms with E-state index in [1.165, 1.54) is 28.4 Å².